The highest BCUT2D eigenvalue weighted by molar-refractivity contribution is 7.99. The summed E-state index contributed by atoms with van der Waals surface area (Å²) < 4.78 is 0. The maximum atomic E-state index is 3.46. The van der Waals surface area contributed by atoms with Gasteiger partial charge in [0.2, 0.25) is 0 Å². The second kappa shape index (κ2) is 5.42. The normalized spacial score (nSPS) is 22.1. The smallest absolute Gasteiger partial charge is 0.00720 e. The first-order valence-electron chi connectivity index (χ1n) is 5.34. The van der Waals surface area contributed by atoms with Gasteiger partial charge in [-0.25, -0.2) is 0 Å². The van der Waals surface area contributed by atoms with E-state index in [2.05, 4.69) is 35.6 Å². The van der Waals surface area contributed by atoms with E-state index in [0.29, 0.717) is 0 Å². The van der Waals surface area contributed by atoms with Crippen LogP contribution in [0.5, 0.6) is 0 Å². The van der Waals surface area contributed by atoms with E-state index in [1.807, 2.05) is 11.8 Å². The predicted octanol–water partition coefficient (Wildman–Crippen LogP) is 2.78. The Morgan fingerprint density at radius 3 is 2.86 bits per heavy atom. The molecule has 1 atom stereocenters. The van der Waals surface area contributed by atoms with Gasteiger partial charge in [-0.15, -0.1) is 11.8 Å². The van der Waals surface area contributed by atoms with Crippen molar-refractivity contribution in [2.45, 2.75) is 17.7 Å². The number of nitrogens with one attached hydrogen (secondary N) is 1. The second-order valence-corrected chi connectivity index (χ2v) is 4.93. The fourth-order valence-electron chi connectivity index (χ4n) is 1.80. The molecule has 0 unspecified atom stereocenters. The van der Waals surface area contributed by atoms with Gasteiger partial charge in [-0.05, 0) is 44.0 Å². The number of thioether (sulfide) groups is 1. The van der Waals surface area contributed by atoms with E-state index in [9.17, 15) is 0 Å². The van der Waals surface area contributed by atoms with Crippen LogP contribution in [0.25, 0.3) is 0 Å². The highest BCUT2D eigenvalue weighted by atomic mass is 32.2. The molecule has 76 valence electrons. The lowest BCUT2D eigenvalue weighted by molar-refractivity contribution is 0.410. The standard InChI is InChI=1S/C12H17NS/c1-2-6-12(7-3-1)14-10-11-5-4-8-13-9-11/h1-3,6-7,11,13H,4-5,8-10H2/t11-/m1/s1. The number of hydrogen-bond acceptors (Lipinski definition) is 2. The number of piperidine rings is 1. The molecule has 2 heteroatoms. The first kappa shape index (κ1) is 10.1. The van der Waals surface area contributed by atoms with E-state index in [1.165, 1.54) is 36.6 Å². The molecular formula is C12H17NS. The van der Waals surface area contributed by atoms with Gasteiger partial charge in [0.1, 0.15) is 0 Å². The highest BCUT2D eigenvalue weighted by Crippen LogP contribution is 2.23. The molecule has 1 fully saturated rings. The zero-order chi connectivity index (χ0) is 9.64. The summed E-state index contributed by atoms with van der Waals surface area (Å²) >= 11 is 1.99. The first-order valence-corrected chi connectivity index (χ1v) is 6.32. The molecule has 2 rings (SSSR count). The Morgan fingerprint density at radius 1 is 1.29 bits per heavy atom. The van der Waals surface area contributed by atoms with Gasteiger partial charge in [0, 0.05) is 10.6 Å². The molecule has 1 aliphatic rings. The van der Waals surface area contributed by atoms with Crippen molar-refractivity contribution in [3.63, 3.8) is 0 Å². The summed E-state index contributed by atoms with van der Waals surface area (Å²) in [5.41, 5.74) is 0. The van der Waals surface area contributed by atoms with Crippen molar-refractivity contribution in [3.8, 4) is 0 Å². The van der Waals surface area contributed by atoms with E-state index < -0.39 is 0 Å². The van der Waals surface area contributed by atoms with E-state index in [0.717, 1.165) is 5.92 Å². The minimum atomic E-state index is 0.869. The summed E-state index contributed by atoms with van der Waals surface area (Å²) in [6, 6.07) is 10.7. The molecule has 0 aliphatic carbocycles. The molecule has 0 saturated carbocycles. The maximum absolute atomic E-state index is 3.46. The molecule has 1 aromatic rings. The summed E-state index contributed by atoms with van der Waals surface area (Å²) in [6.07, 6.45) is 2.74. The molecule has 1 nitrogen and oxygen atoms in total. The van der Waals surface area contributed by atoms with Gasteiger partial charge in [-0.3, -0.25) is 0 Å². The third kappa shape index (κ3) is 3.03. The first-order chi connectivity index (χ1) is 6.95. The summed E-state index contributed by atoms with van der Waals surface area (Å²) in [6.45, 7) is 2.42. The van der Waals surface area contributed by atoms with Crippen molar-refractivity contribution in [1.82, 2.24) is 5.32 Å². The van der Waals surface area contributed by atoms with Crippen molar-refractivity contribution >= 4 is 11.8 Å². The summed E-state index contributed by atoms with van der Waals surface area (Å²) in [4.78, 5) is 1.40. The molecule has 1 aromatic carbocycles. The predicted molar refractivity (Wildman–Crippen MR) is 62.8 cm³/mol. The monoisotopic (exact) mass is 207 g/mol. The van der Waals surface area contributed by atoms with Crippen LogP contribution >= 0.6 is 11.8 Å². The lowest BCUT2D eigenvalue weighted by Crippen LogP contribution is -2.30. The largest absolute Gasteiger partial charge is 0.316 e. The van der Waals surface area contributed by atoms with E-state index in [4.69, 9.17) is 0 Å². The molecule has 1 aliphatic heterocycles. The third-order valence-electron chi connectivity index (χ3n) is 2.63. The minimum Gasteiger partial charge on any atom is -0.316 e. The average molecular weight is 207 g/mol. The molecular weight excluding hydrogens is 190 g/mol. The quantitative estimate of drug-likeness (QED) is 0.765. The van der Waals surface area contributed by atoms with Crippen molar-refractivity contribution in [3.05, 3.63) is 30.3 Å². The number of benzene rings is 1. The Hall–Kier alpha value is -0.470. The fourth-order valence-corrected chi connectivity index (χ4v) is 2.86. The van der Waals surface area contributed by atoms with Crippen LogP contribution in [0.3, 0.4) is 0 Å². The fraction of sp³-hybridized carbons (Fsp3) is 0.500. The molecule has 14 heavy (non-hydrogen) atoms. The Morgan fingerprint density at radius 2 is 2.14 bits per heavy atom. The highest BCUT2D eigenvalue weighted by Gasteiger charge is 2.12. The number of rotatable bonds is 3. The molecule has 1 N–H and O–H groups in total. The van der Waals surface area contributed by atoms with Crippen LogP contribution in [-0.4, -0.2) is 18.8 Å². The molecule has 0 spiro atoms. The van der Waals surface area contributed by atoms with E-state index in [1.54, 1.807) is 0 Å². The molecule has 0 aromatic heterocycles. The van der Waals surface area contributed by atoms with Crippen LogP contribution in [0.2, 0.25) is 0 Å². The van der Waals surface area contributed by atoms with Crippen LogP contribution in [-0.2, 0) is 0 Å². The van der Waals surface area contributed by atoms with Gasteiger partial charge in [-0.1, -0.05) is 18.2 Å². The molecule has 0 radical (unpaired) electrons. The van der Waals surface area contributed by atoms with Crippen molar-refractivity contribution in [2.24, 2.45) is 5.92 Å². The SMILES string of the molecule is c1ccc(SC[C@@H]2CCCNC2)cc1. The summed E-state index contributed by atoms with van der Waals surface area (Å²) in [5.74, 6) is 2.13. The molecule has 1 saturated heterocycles. The topological polar surface area (TPSA) is 12.0 Å². The Labute approximate surface area is 90.3 Å². The van der Waals surface area contributed by atoms with Gasteiger partial charge in [0.25, 0.3) is 0 Å². The van der Waals surface area contributed by atoms with Gasteiger partial charge in [0.15, 0.2) is 0 Å². The Balaban J connectivity index is 1.76. The molecule has 1 heterocycles. The average Bonchev–Trinajstić information content (AvgIpc) is 2.29. The Kier molecular flexibility index (Phi) is 3.90. The van der Waals surface area contributed by atoms with Crippen LogP contribution in [0.1, 0.15) is 12.8 Å². The van der Waals surface area contributed by atoms with Crippen LogP contribution in [0.15, 0.2) is 35.2 Å². The lowest BCUT2D eigenvalue weighted by atomic mass is 10.0. The summed E-state index contributed by atoms with van der Waals surface area (Å²) in [5, 5.41) is 3.46. The minimum absolute atomic E-state index is 0.869. The third-order valence-corrected chi connectivity index (χ3v) is 3.87. The van der Waals surface area contributed by atoms with Crippen LogP contribution in [0.4, 0.5) is 0 Å². The zero-order valence-corrected chi connectivity index (χ0v) is 9.22. The van der Waals surface area contributed by atoms with Gasteiger partial charge >= 0.3 is 0 Å². The van der Waals surface area contributed by atoms with Gasteiger partial charge in [0.05, 0.1) is 0 Å². The van der Waals surface area contributed by atoms with E-state index in [-0.39, 0.29) is 0 Å². The zero-order valence-electron chi connectivity index (χ0n) is 8.41. The van der Waals surface area contributed by atoms with Crippen LogP contribution < -0.4 is 5.32 Å². The van der Waals surface area contributed by atoms with Crippen molar-refractivity contribution in [2.75, 3.05) is 18.8 Å². The van der Waals surface area contributed by atoms with Crippen molar-refractivity contribution < 1.29 is 0 Å². The van der Waals surface area contributed by atoms with Gasteiger partial charge in [-0.2, -0.15) is 0 Å². The van der Waals surface area contributed by atoms with Crippen LogP contribution in [0, 0.1) is 5.92 Å². The van der Waals surface area contributed by atoms with E-state index >= 15 is 0 Å². The second-order valence-electron chi connectivity index (χ2n) is 3.84. The summed E-state index contributed by atoms with van der Waals surface area (Å²) in [7, 11) is 0. The molecule has 0 amide bonds. The van der Waals surface area contributed by atoms with Gasteiger partial charge < -0.3 is 5.32 Å². The Bertz CT molecular complexity index is 254. The number of hydrogen-bond donors (Lipinski definition) is 1. The molecule has 0 bridgehead atoms. The lowest BCUT2D eigenvalue weighted by Gasteiger charge is -2.22. The maximum Gasteiger partial charge on any atom is 0.00720 e. The van der Waals surface area contributed by atoms with Crippen molar-refractivity contribution in [1.29, 1.82) is 0 Å².